The van der Waals surface area contributed by atoms with E-state index in [4.69, 9.17) is 37.9 Å². The molecule has 296 valence electrons. The van der Waals surface area contributed by atoms with Gasteiger partial charge in [-0.3, -0.25) is 9.69 Å². The molecule has 0 unspecified atom stereocenters. The van der Waals surface area contributed by atoms with E-state index in [1.54, 1.807) is 54.1 Å². The van der Waals surface area contributed by atoms with Gasteiger partial charge in [-0.15, -0.1) is 0 Å². The van der Waals surface area contributed by atoms with E-state index in [1.165, 1.54) is 23.0 Å². The highest BCUT2D eigenvalue weighted by atomic mass is 16.8. The first-order valence-electron chi connectivity index (χ1n) is 18.1. The Kier molecular flexibility index (Phi) is 14.3. The van der Waals surface area contributed by atoms with Crippen LogP contribution in [0.15, 0.2) is 54.6 Å². The van der Waals surface area contributed by atoms with E-state index in [2.05, 4.69) is 0 Å². The van der Waals surface area contributed by atoms with Crippen molar-refractivity contribution in [3.8, 4) is 11.5 Å². The van der Waals surface area contributed by atoms with Crippen LogP contribution in [0.2, 0.25) is 0 Å². The third-order valence-corrected chi connectivity index (χ3v) is 8.82. The zero-order chi connectivity index (χ0) is 39.8. The van der Waals surface area contributed by atoms with Crippen molar-refractivity contribution < 1.29 is 52.3 Å². The molecular formula is C41H56N2O11. The number of methoxy groups -OCH3 is 2. The Hall–Kier alpha value is -4.43. The largest absolute Gasteiger partial charge is 0.497 e. The van der Waals surface area contributed by atoms with Crippen LogP contribution in [-0.2, 0) is 39.8 Å². The molecule has 1 saturated heterocycles. The topological polar surface area (TPSA) is 132 Å². The maximum atomic E-state index is 14.1. The third-order valence-electron chi connectivity index (χ3n) is 8.82. The number of esters is 1. The minimum atomic E-state index is -0.899. The zero-order valence-electron chi connectivity index (χ0n) is 33.4. The van der Waals surface area contributed by atoms with Gasteiger partial charge in [-0.2, -0.15) is 0 Å². The van der Waals surface area contributed by atoms with E-state index in [-0.39, 0.29) is 42.2 Å². The maximum absolute atomic E-state index is 14.1. The lowest BCUT2D eigenvalue weighted by Gasteiger charge is -2.29. The van der Waals surface area contributed by atoms with Crippen molar-refractivity contribution in [2.45, 2.75) is 97.3 Å². The number of amides is 2. The van der Waals surface area contributed by atoms with Crippen LogP contribution < -0.4 is 14.4 Å². The van der Waals surface area contributed by atoms with Crippen LogP contribution in [0.3, 0.4) is 0 Å². The van der Waals surface area contributed by atoms with Gasteiger partial charge in [0.25, 0.3) is 0 Å². The molecule has 0 aromatic heterocycles. The van der Waals surface area contributed by atoms with E-state index in [1.807, 2.05) is 70.2 Å². The molecule has 2 aromatic carbocycles. The van der Waals surface area contributed by atoms with E-state index in [9.17, 15) is 14.4 Å². The van der Waals surface area contributed by atoms with Crippen molar-refractivity contribution >= 4 is 29.7 Å². The molecule has 0 saturated carbocycles. The average Bonchev–Trinajstić information content (AvgIpc) is 3.41. The monoisotopic (exact) mass is 752 g/mol. The number of hydrogen-bond acceptors (Lipinski definition) is 11. The summed E-state index contributed by atoms with van der Waals surface area (Å²) < 4.78 is 47.6. The summed E-state index contributed by atoms with van der Waals surface area (Å²) in [5, 5.41) is 0. The van der Waals surface area contributed by atoms with Gasteiger partial charge in [0.2, 0.25) is 5.91 Å². The predicted molar refractivity (Wildman–Crippen MR) is 203 cm³/mol. The quantitative estimate of drug-likeness (QED) is 0.145. The Morgan fingerprint density at radius 2 is 1.70 bits per heavy atom. The molecule has 2 heterocycles. The third kappa shape index (κ3) is 11.5. The molecule has 0 aliphatic carbocycles. The lowest BCUT2D eigenvalue weighted by Crippen LogP contribution is -2.43. The number of ether oxygens (including phenoxy) is 8. The number of carbonyl (C=O) groups excluding carboxylic acids is 3. The summed E-state index contributed by atoms with van der Waals surface area (Å²) in [6.07, 6.45) is 5.13. The van der Waals surface area contributed by atoms with Gasteiger partial charge in [0.05, 0.1) is 25.5 Å². The molecule has 0 bridgehead atoms. The molecular weight excluding hydrogens is 696 g/mol. The van der Waals surface area contributed by atoms with Gasteiger partial charge in [0.1, 0.15) is 47.5 Å². The molecule has 0 spiro atoms. The van der Waals surface area contributed by atoms with Crippen LogP contribution in [0.25, 0.3) is 6.08 Å². The van der Waals surface area contributed by atoms with Crippen molar-refractivity contribution in [2.75, 3.05) is 46.6 Å². The van der Waals surface area contributed by atoms with Crippen LogP contribution in [0, 0.1) is 5.92 Å². The highest BCUT2D eigenvalue weighted by Gasteiger charge is 2.44. The van der Waals surface area contributed by atoms with Crippen molar-refractivity contribution in [3.63, 3.8) is 0 Å². The van der Waals surface area contributed by atoms with E-state index in [0.29, 0.717) is 18.6 Å². The van der Waals surface area contributed by atoms with E-state index in [0.717, 1.165) is 11.3 Å². The summed E-state index contributed by atoms with van der Waals surface area (Å²) in [6.45, 7) is 12.5. The molecule has 4 rings (SSSR count). The van der Waals surface area contributed by atoms with Gasteiger partial charge >= 0.3 is 12.1 Å². The molecule has 2 aliphatic heterocycles. The molecule has 2 aliphatic rings. The Morgan fingerprint density at radius 1 is 1.00 bits per heavy atom. The number of nitrogens with zero attached hydrogens (tertiary/aromatic N) is 2. The summed E-state index contributed by atoms with van der Waals surface area (Å²) in [6, 6.07) is 10.8. The number of carbonyl (C=O) groups is 3. The molecule has 13 heteroatoms. The summed E-state index contributed by atoms with van der Waals surface area (Å²) in [5.74, 6) is -1.28. The standard InChI is InChI=1S/C41H56N2O11/c1-26-15-20-32(49-24-28-16-18-31(48-11)19-17-28)37-33(52-41(6,7)53-37)14-12-13-29-21-30(22-34(50-25-47-10)36(29)38(45)51-27(26)2)43(23-35(44)42(8)9)39(46)54-40(3,4)5/h12-13,15-22,26-27,32-33,37H,14,23-25H2,1-11H3/b13-12+,20-15-/t26-,27+,32-,33+,37-/m1/s1. The smallest absolute Gasteiger partial charge is 0.415 e. The maximum Gasteiger partial charge on any atom is 0.415 e. The fourth-order valence-corrected chi connectivity index (χ4v) is 5.82. The number of likely N-dealkylation sites (N-methyl/N-ethyl adjacent to an activating group) is 1. The van der Waals surface area contributed by atoms with E-state index >= 15 is 0 Å². The number of cyclic esters (lactones) is 1. The van der Waals surface area contributed by atoms with Gasteiger partial charge in [0, 0.05) is 33.2 Å². The molecule has 1 fully saturated rings. The second-order valence-electron chi connectivity index (χ2n) is 15.1. The van der Waals surface area contributed by atoms with Gasteiger partial charge in [-0.25, -0.2) is 9.59 Å². The highest BCUT2D eigenvalue weighted by Crippen LogP contribution is 2.36. The van der Waals surface area contributed by atoms with E-state index < -0.39 is 47.9 Å². The highest BCUT2D eigenvalue weighted by molar-refractivity contribution is 6.00. The average molecular weight is 753 g/mol. The molecule has 2 aromatic rings. The number of rotatable bonds is 10. The van der Waals surface area contributed by atoms with Crippen LogP contribution in [0.1, 0.15) is 76.4 Å². The van der Waals surface area contributed by atoms with Crippen LogP contribution >= 0.6 is 0 Å². The first kappa shape index (κ1) is 42.3. The van der Waals surface area contributed by atoms with Crippen molar-refractivity contribution in [2.24, 2.45) is 5.92 Å². The molecule has 13 nitrogen and oxygen atoms in total. The summed E-state index contributed by atoms with van der Waals surface area (Å²) in [5.41, 5.74) is 0.869. The Balaban J connectivity index is 1.81. The normalized spacial score (nSPS) is 23.8. The minimum absolute atomic E-state index is 0.0961. The predicted octanol–water partition coefficient (Wildman–Crippen LogP) is 6.77. The second-order valence-corrected chi connectivity index (χ2v) is 15.1. The molecule has 5 atom stereocenters. The zero-order valence-corrected chi connectivity index (χ0v) is 33.4. The fourth-order valence-electron chi connectivity index (χ4n) is 5.82. The lowest BCUT2D eigenvalue weighted by molar-refractivity contribution is -0.156. The van der Waals surface area contributed by atoms with Crippen LogP contribution in [-0.4, -0.2) is 100 Å². The molecule has 0 radical (unpaired) electrons. The Morgan fingerprint density at radius 3 is 2.33 bits per heavy atom. The van der Waals surface area contributed by atoms with Crippen molar-refractivity contribution in [1.82, 2.24) is 4.90 Å². The minimum Gasteiger partial charge on any atom is -0.497 e. The summed E-state index contributed by atoms with van der Waals surface area (Å²) in [4.78, 5) is 43.3. The van der Waals surface area contributed by atoms with Gasteiger partial charge in [-0.05, 0) is 77.3 Å². The Labute approximate surface area is 319 Å². The number of benzene rings is 2. The molecule has 0 N–H and O–H groups in total. The summed E-state index contributed by atoms with van der Waals surface area (Å²) in [7, 11) is 6.27. The molecule has 54 heavy (non-hydrogen) atoms. The molecule has 2 amide bonds. The first-order valence-corrected chi connectivity index (χ1v) is 18.1. The number of hydrogen-bond donors (Lipinski definition) is 0. The van der Waals surface area contributed by atoms with Crippen molar-refractivity contribution in [3.05, 3.63) is 71.3 Å². The van der Waals surface area contributed by atoms with Crippen molar-refractivity contribution in [1.29, 1.82) is 0 Å². The van der Waals surface area contributed by atoms with Crippen LogP contribution in [0.5, 0.6) is 11.5 Å². The lowest BCUT2D eigenvalue weighted by atomic mass is 9.98. The van der Waals surface area contributed by atoms with Crippen LogP contribution in [0.4, 0.5) is 10.5 Å². The Bertz CT molecular complexity index is 1660. The SMILES string of the molecule is COCOc1cc(N(CC(=O)N(C)C)C(=O)OC(C)(C)C)cc2c1C(=O)O[C@@H](C)[C@H](C)/C=C\[C@@H](OCc1ccc(OC)cc1)[C@H]1OC(C)(C)O[C@H]1C/C=C/2. The fraction of sp³-hybridized carbons (Fsp3) is 0.537. The van der Waals surface area contributed by atoms with Gasteiger partial charge < -0.3 is 42.8 Å². The van der Waals surface area contributed by atoms with Gasteiger partial charge in [0.15, 0.2) is 12.6 Å². The number of fused-ring (bicyclic) bond motifs is 2. The summed E-state index contributed by atoms with van der Waals surface area (Å²) >= 11 is 0. The first-order chi connectivity index (χ1) is 25.4. The number of anilines is 1. The second kappa shape index (κ2) is 18.3. The van der Waals surface area contributed by atoms with Gasteiger partial charge in [-0.1, -0.05) is 43.4 Å².